The summed E-state index contributed by atoms with van der Waals surface area (Å²) in [5, 5.41) is 13.7. The molecule has 0 amide bonds. The molecule has 6 nitrogen and oxygen atoms in total. The average molecular weight is 155 g/mol. The highest BCUT2D eigenvalue weighted by molar-refractivity contribution is 5.84. The first-order valence-electron chi connectivity index (χ1n) is 2.74. The summed E-state index contributed by atoms with van der Waals surface area (Å²) in [6.45, 7) is 0. The molecule has 0 aromatic carbocycles. The molecule has 0 spiro atoms. The van der Waals surface area contributed by atoms with Crippen molar-refractivity contribution in [1.29, 1.82) is 0 Å². The summed E-state index contributed by atoms with van der Waals surface area (Å²) in [6.07, 6.45) is 2.06. The molecule has 3 N–H and O–H groups in total. The molecular weight excluding hydrogens is 150 g/mol. The van der Waals surface area contributed by atoms with E-state index in [0.29, 0.717) is 0 Å². The molecule has 1 rings (SSSR count). The van der Waals surface area contributed by atoms with Crippen molar-refractivity contribution in [2.45, 2.75) is 0 Å². The summed E-state index contributed by atoms with van der Waals surface area (Å²) in [7, 11) is 0. The topological polar surface area (TPSA) is 98.8 Å². The van der Waals surface area contributed by atoms with Gasteiger partial charge in [0.2, 0.25) is 0 Å². The minimum atomic E-state index is -1.09. The first-order chi connectivity index (χ1) is 5.18. The van der Waals surface area contributed by atoms with Crippen LogP contribution in [0.4, 0.5) is 0 Å². The van der Waals surface area contributed by atoms with Crippen LogP contribution in [0.15, 0.2) is 10.9 Å². The number of H-pyrrole nitrogens is 2. The van der Waals surface area contributed by atoms with Crippen molar-refractivity contribution in [1.82, 2.24) is 15.2 Å². The lowest BCUT2D eigenvalue weighted by Gasteiger charge is -1.77. The van der Waals surface area contributed by atoms with Gasteiger partial charge in [-0.1, -0.05) is 0 Å². The zero-order valence-corrected chi connectivity index (χ0v) is 5.37. The van der Waals surface area contributed by atoms with E-state index in [0.717, 1.165) is 6.08 Å². The fourth-order valence-corrected chi connectivity index (χ4v) is 0.512. The number of carbonyl (C=O) groups is 1. The lowest BCUT2D eigenvalue weighted by atomic mass is 10.5. The van der Waals surface area contributed by atoms with Crippen molar-refractivity contribution in [3.63, 3.8) is 0 Å². The largest absolute Gasteiger partial charge is 0.478 e. The molecule has 0 aliphatic rings. The molecule has 11 heavy (non-hydrogen) atoms. The van der Waals surface area contributed by atoms with E-state index in [2.05, 4.69) is 15.2 Å². The van der Waals surface area contributed by atoms with Crippen LogP contribution in [0.3, 0.4) is 0 Å². The highest BCUT2D eigenvalue weighted by Gasteiger charge is 1.92. The van der Waals surface area contributed by atoms with Gasteiger partial charge in [0.05, 0.1) is 0 Å². The summed E-state index contributed by atoms with van der Waals surface area (Å²) in [5.74, 6) is -0.897. The SMILES string of the molecule is O=C(O)C=Cc1n[nH]c(=O)[nH]1. The quantitative estimate of drug-likeness (QED) is 0.486. The minimum absolute atomic E-state index is 0.192. The molecule has 58 valence electrons. The van der Waals surface area contributed by atoms with E-state index in [-0.39, 0.29) is 5.82 Å². The van der Waals surface area contributed by atoms with Crippen LogP contribution in [0.1, 0.15) is 5.82 Å². The van der Waals surface area contributed by atoms with Crippen LogP contribution in [0.5, 0.6) is 0 Å². The molecule has 0 saturated heterocycles. The van der Waals surface area contributed by atoms with E-state index in [1.54, 1.807) is 0 Å². The summed E-state index contributed by atoms with van der Waals surface area (Å²) < 4.78 is 0. The predicted molar refractivity (Wildman–Crippen MR) is 35.9 cm³/mol. The van der Waals surface area contributed by atoms with Crippen LogP contribution in [0.2, 0.25) is 0 Å². The maximum Gasteiger partial charge on any atom is 0.340 e. The fourth-order valence-electron chi connectivity index (χ4n) is 0.512. The second kappa shape index (κ2) is 2.82. The van der Waals surface area contributed by atoms with Crippen molar-refractivity contribution in [2.75, 3.05) is 0 Å². The lowest BCUT2D eigenvalue weighted by Crippen LogP contribution is -2.00. The van der Waals surface area contributed by atoms with Gasteiger partial charge in [-0.15, -0.1) is 0 Å². The van der Waals surface area contributed by atoms with E-state index in [1.807, 2.05) is 0 Å². The third-order valence-electron chi connectivity index (χ3n) is 0.903. The molecule has 0 aliphatic heterocycles. The van der Waals surface area contributed by atoms with Crippen LogP contribution < -0.4 is 5.69 Å². The number of nitrogens with zero attached hydrogens (tertiary/aromatic N) is 1. The highest BCUT2D eigenvalue weighted by atomic mass is 16.4. The normalized spacial score (nSPS) is 10.5. The third kappa shape index (κ3) is 2.09. The summed E-state index contributed by atoms with van der Waals surface area (Å²) in [6, 6.07) is 0. The molecule has 6 heteroatoms. The van der Waals surface area contributed by atoms with Gasteiger partial charge in [0, 0.05) is 6.08 Å². The maximum absolute atomic E-state index is 10.4. The minimum Gasteiger partial charge on any atom is -0.478 e. The Morgan fingerprint density at radius 3 is 2.82 bits per heavy atom. The van der Waals surface area contributed by atoms with Crippen LogP contribution in [0, 0.1) is 0 Å². The van der Waals surface area contributed by atoms with Crippen molar-refractivity contribution in [3.8, 4) is 0 Å². The van der Waals surface area contributed by atoms with Gasteiger partial charge < -0.3 is 5.11 Å². The standard InChI is InChI=1S/C5H5N3O3/c9-4(10)2-1-3-6-5(11)8-7-3/h1-2H,(H,9,10)(H2,6,7,8,11). The molecule has 0 atom stereocenters. The zero-order chi connectivity index (χ0) is 8.27. The van der Waals surface area contributed by atoms with E-state index < -0.39 is 11.7 Å². The van der Waals surface area contributed by atoms with E-state index in [4.69, 9.17) is 5.11 Å². The molecule has 1 heterocycles. The number of nitrogens with one attached hydrogen (secondary N) is 2. The van der Waals surface area contributed by atoms with Crippen LogP contribution >= 0.6 is 0 Å². The van der Waals surface area contributed by atoms with Crippen molar-refractivity contribution in [3.05, 3.63) is 22.4 Å². The Bertz CT molecular complexity index is 335. The number of carboxylic acid groups (broad SMARTS) is 1. The molecule has 0 radical (unpaired) electrons. The van der Waals surface area contributed by atoms with Crippen molar-refractivity contribution in [2.24, 2.45) is 0 Å². The Balaban J connectivity index is 2.79. The van der Waals surface area contributed by atoms with Gasteiger partial charge in [-0.3, -0.25) is 4.98 Å². The smallest absolute Gasteiger partial charge is 0.340 e. The molecule has 0 saturated carbocycles. The number of hydrogen-bond acceptors (Lipinski definition) is 3. The van der Waals surface area contributed by atoms with E-state index in [9.17, 15) is 9.59 Å². The molecular formula is C5H5N3O3. The summed E-state index contributed by atoms with van der Waals surface area (Å²) >= 11 is 0. The Morgan fingerprint density at radius 2 is 2.36 bits per heavy atom. The number of hydrogen-bond donors (Lipinski definition) is 3. The van der Waals surface area contributed by atoms with Gasteiger partial charge in [-0.25, -0.2) is 14.7 Å². The average Bonchev–Trinajstić information content (AvgIpc) is 2.31. The second-order valence-electron chi connectivity index (χ2n) is 1.73. The van der Waals surface area contributed by atoms with Gasteiger partial charge in [0.25, 0.3) is 0 Å². The van der Waals surface area contributed by atoms with E-state index in [1.165, 1.54) is 6.08 Å². The molecule has 0 aliphatic carbocycles. The van der Waals surface area contributed by atoms with Crippen LogP contribution in [-0.4, -0.2) is 26.3 Å². The fraction of sp³-hybridized carbons (Fsp3) is 0. The van der Waals surface area contributed by atoms with Gasteiger partial charge in [0.15, 0.2) is 5.82 Å². The number of aliphatic carboxylic acids is 1. The number of aromatic nitrogens is 3. The van der Waals surface area contributed by atoms with Crippen molar-refractivity contribution >= 4 is 12.0 Å². The van der Waals surface area contributed by atoms with Gasteiger partial charge in [-0.2, -0.15) is 5.10 Å². The van der Waals surface area contributed by atoms with Gasteiger partial charge >= 0.3 is 11.7 Å². The third-order valence-corrected chi connectivity index (χ3v) is 0.903. The predicted octanol–water partition coefficient (Wildman–Crippen LogP) is -0.804. The molecule has 0 fully saturated rings. The Labute approximate surface area is 60.6 Å². The molecule has 0 unspecified atom stereocenters. The van der Waals surface area contributed by atoms with Crippen molar-refractivity contribution < 1.29 is 9.90 Å². The molecule has 1 aromatic heterocycles. The van der Waals surface area contributed by atoms with Crippen LogP contribution in [0.25, 0.3) is 6.08 Å². The lowest BCUT2D eigenvalue weighted by molar-refractivity contribution is -0.131. The van der Waals surface area contributed by atoms with E-state index >= 15 is 0 Å². The molecule has 0 bridgehead atoms. The number of aromatic amines is 2. The Morgan fingerprint density at radius 1 is 1.64 bits per heavy atom. The summed E-state index contributed by atoms with van der Waals surface area (Å²) in [5.41, 5.74) is -0.463. The molecule has 1 aromatic rings. The van der Waals surface area contributed by atoms with Gasteiger partial charge in [0.1, 0.15) is 0 Å². The highest BCUT2D eigenvalue weighted by Crippen LogP contribution is 1.85. The second-order valence-corrected chi connectivity index (χ2v) is 1.73. The van der Waals surface area contributed by atoms with Gasteiger partial charge in [-0.05, 0) is 6.08 Å². The summed E-state index contributed by atoms with van der Waals surface area (Å²) in [4.78, 5) is 22.6. The zero-order valence-electron chi connectivity index (χ0n) is 5.37. The number of carboxylic acids is 1. The first kappa shape index (κ1) is 7.26. The Kier molecular flexibility index (Phi) is 1.86. The monoisotopic (exact) mass is 155 g/mol. The Hall–Kier alpha value is -1.85. The van der Waals surface area contributed by atoms with Crippen LogP contribution in [-0.2, 0) is 4.79 Å². The first-order valence-corrected chi connectivity index (χ1v) is 2.74. The number of rotatable bonds is 2. The maximum atomic E-state index is 10.4.